The third-order valence-electron chi connectivity index (χ3n) is 3.22. The number of likely N-dealkylation sites (N-methyl/N-ethyl adjacent to an activating group) is 1. The number of hydrogen-bond acceptors (Lipinski definition) is 2. The fourth-order valence-corrected chi connectivity index (χ4v) is 3.31. The molecule has 1 N–H and O–H groups in total. The summed E-state index contributed by atoms with van der Waals surface area (Å²) in [4.78, 5) is 1.12. The molecule has 0 aliphatic heterocycles. The van der Waals surface area contributed by atoms with Crippen molar-refractivity contribution in [3.05, 3.63) is 56.7 Å². The molecule has 0 spiro atoms. The lowest BCUT2D eigenvalue weighted by Crippen LogP contribution is -2.29. The third kappa shape index (κ3) is 4.73. The zero-order valence-corrected chi connectivity index (χ0v) is 12.9. The molecule has 1 heterocycles. The number of halogens is 4. The quantitative estimate of drug-likeness (QED) is 0.829. The van der Waals surface area contributed by atoms with Gasteiger partial charge in [0, 0.05) is 10.9 Å². The molecule has 1 aromatic carbocycles. The second kappa shape index (κ2) is 6.81. The number of rotatable bonds is 5. The van der Waals surface area contributed by atoms with Gasteiger partial charge in [-0.2, -0.15) is 13.2 Å². The molecule has 0 bridgehead atoms. The van der Waals surface area contributed by atoms with Gasteiger partial charge >= 0.3 is 6.18 Å². The van der Waals surface area contributed by atoms with Crippen LogP contribution in [0.3, 0.4) is 0 Å². The van der Waals surface area contributed by atoms with Gasteiger partial charge in [-0.05, 0) is 43.7 Å². The van der Waals surface area contributed by atoms with Crippen LogP contribution in [-0.2, 0) is 19.0 Å². The van der Waals surface area contributed by atoms with E-state index in [4.69, 9.17) is 11.6 Å². The van der Waals surface area contributed by atoms with Gasteiger partial charge in [0.2, 0.25) is 0 Å². The number of alkyl halides is 3. The lowest BCUT2D eigenvalue weighted by atomic mass is 10.0. The van der Waals surface area contributed by atoms with E-state index in [0.29, 0.717) is 12.0 Å². The number of hydrogen-bond donors (Lipinski definition) is 1. The highest BCUT2D eigenvalue weighted by atomic mass is 35.5. The van der Waals surface area contributed by atoms with Crippen LogP contribution in [-0.4, -0.2) is 13.1 Å². The molecule has 1 aromatic heterocycles. The Morgan fingerprint density at radius 1 is 1.19 bits per heavy atom. The van der Waals surface area contributed by atoms with Gasteiger partial charge in [0.1, 0.15) is 0 Å². The maximum atomic E-state index is 12.7. The van der Waals surface area contributed by atoms with Crippen molar-refractivity contribution < 1.29 is 13.2 Å². The Kier molecular flexibility index (Phi) is 5.30. The summed E-state index contributed by atoms with van der Waals surface area (Å²) in [5.41, 5.74) is 0.0702. The SMILES string of the molecule is CNC(Cc1cccc(C(F)(F)F)c1)Cc1ccc(Cl)s1. The highest BCUT2D eigenvalue weighted by Gasteiger charge is 2.30. The summed E-state index contributed by atoms with van der Waals surface area (Å²) in [7, 11) is 1.81. The highest BCUT2D eigenvalue weighted by molar-refractivity contribution is 7.16. The Morgan fingerprint density at radius 2 is 1.95 bits per heavy atom. The summed E-state index contributed by atoms with van der Waals surface area (Å²) in [5, 5.41) is 3.15. The molecule has 6 heteroatoms. The van der Waals surface area contributed by atoms with E-state index in [-0.39, 0.29) is 6.04 Å². The predicted molar refractivity (Wildman–Crippen MR) is 81.0 cm³/mol. The number of benzene rings is 1. The molecule has 0 fully saturated rings. The van der Waals surface area contributed by atoms with E-state index in [1.54, 1.807) is 6.07 Å². The van der Waals surface area contributed by atoms with Gasteiger partial charge in [-0.15, -0.1) is 11.3 Å². The Bertz CT molecular complexity index is 595. The fourth-order valence-electron chi connectivity index (χ4n) is 2.14. The van der Waals surface area contributed by atoms with Crippen LogP contribution in [0.25, 0.3) is 0 Å². The lowest BCUT2D eigenvalue weighted by Gasteiger charge is -2.16. The van der Waals surface area contributed by atoms with Crippen molar-refractivity contribution in [2.24, 2.45) is 0 Å². The second-order valence-electron chi connectivity index (χ2n) is 4.80. The lowest BCUT2D eigenvalue weighted by molar-refractivity contribution is -0.137. The first-order chi connectivity index (χ1) is 9.88. The Labute approximate surface area is 130 Å². The summed E-state index contributed by atoms with van der Waals surface area (Å²) >= 11 is 7.39. The minimum atomic E-state index is -4.30. The van der Waals surface area contributed by atoms with Gasteiger partial charge in [0.25, 0.3) is 0 Å². The normalized spacial score (nSPS) is 13.4. The molecule has 2 rings (SSSR count). The molecule has 114 valence electrons. The van der Waals surface area contributed by atoms with E-state index in [1.807, 2.05) is 19.2 Å². The van der Waals surface area contributed by atoms with Crippen molar-refractivity contribution in [2.45, 2.75) is 25.1 Å². The van der Waals surface area contributed by atoms with Crippen molar-refractivity contribution >= 4 is 22.9 Å². The van der Waals surface area contributed by atoms with Crippen LogP contribution in [0, 0.1) is 0 Å². The summed E-state index contributed by atoms with van der Waals surface area (Å²) in [6, 6.07) is 9.33. The Balaban J connectivity index is 2.08. The largest absolute Gasteiger partial charge is 0.416 e. The molecule has 1 nitrogen and oxygen atoms in total. The average Bonchev–Trinajstić information content (AvgIpc) is 2.83. The fraction of sp³-hybridized carbons (Fsp3) is 0.333. The van der Waals surface area contributed by atoms with E-state index >= 15 is 0 Å². The zero-order valence-electron chi connectivity index (χ0n) is 11.4. The van der Waals surface area contributed by atoms with Gasteiger partial charge in [0.15, 0.2) is 0 Å². The molecule has 2 aromatic rings. The maximum absolute atomic E-state index is 12.7. The van der Waals surface area contributed by atoms with Gasteiger partial charge in [0.05, 0.1) is 9.90 Å². The van der Waals surface area contributed by atoms with Gasteiger partial charge in [-0.3, -0.25) is 0 Å². The topological polar surface area (TPSA) is 12.0 Å². The van der Waals surface area contributed by atoms with E-state index in [0.717, 1.165) is 21.7 Å². The summed E-state index contributed by atoms with van der Waals surface area (Å²) in [6.07, 6.45) is -3.02. The van der Waals surface area contributed by atoms with E-state index in [2.05, 4.69) is 5.32 Å². The van der Waals surface area contributed by atoms with E-state index in [1.165, 1.54) is 23.5 Å². The van der Waals surface area contributed by atoms with Crippen molar-refractivity contribution in [1.29, 1.82) is 0 Å². The van der Waals surface area contributed by atoms with Crippen molar-refractivity contribution in [3.8, 4) is 0 Å². The molecule has 1 unspecified atom stereocenters. The van der Waals surface area contributed by atoms with E-state index in [9.17, 15) is 13.2 Å². The van der Waals surface area contributed by atoms with Crippen molar-refractivity contribution in [3.63, 3.8) is 0 Å². The number of thiophene rings is 1. The molecule has 21 heavy (non-hydrogen) atoms. The van der Waals surface area contributed by atoms with Crippen LogP contribution in [0.15, 0.2) is 36.4 Å². The highest BCUT2D eigenvalue weighted by Crippen LogP contribution is 2.30. The molecular weight excluding hydrogens is 319 g/mol. The van der Waals surface area contributed by atoms with Crippen LogP contribution in [0.5, 0.6) is 0 Å². The summed E-state index contributed by atoms with van der Waals surface area (Å²) < 4.78 is 38.8. The van der Waals surface area contributed by atoms with Gasteiger partial charge in [-0.1, -0.05) is 29.8 Å². The average molecular weight is 334 g/mol. The Hall–Kier alpha value is -1.04. The molecular formula is C15H15ClF3NS. The van der Waals surface area contributed by atoms with E-state index < -0.39 is 11.7 Å². The first-order valence-electron chi connectivity index (χ1n) is 6.46. The van der Waals surface area contributed by atoms with Gasteiger partial charge < -0.3 is 5.32 Å². The first-order valence-corrected chi connectivity index (χ1v) is 7.65. The van der Waals surface area contributed by atoms with Crippen molar-refractivity contribution in [2.75, 3.05) is 7.05 Å². The third-order valence-corrected chi connectivity index (χ3v) is 4.47. The first kappa shape index (κ1) is 16.3. The van der Waals surface area contributed by atoms with Crippen LogP contribution in [0.4, 0.5) is 13.2 Å². The molecule has 0 amide bonds. The molecule has 0 aliphatic carbocycles. The molecule has 0 aliphatic rings. The standard InChI is InChI=1S/C15H15ClF3NS/c1-20-12(9-13-5-6-14(16)21-13)8-10-3-2-4-11(7-10)15(17,18)19/h2-7,12,20H,8-9H2,1H3. The Morgan fingerprint density at radius 3 is 2.52 bits per heavy atom. The smallest absolute Gasteiger partial charge is 0.316 e. The maximum Gasteiger partial charge on any atom is 0.416 e. The van der Waals surface area contributed by atoms with Crippen molar-refractivity contribution in [1.82, 2.24) is 5.32 Å². The summed E-state index contributed by atoms with van der Waals surface area (Å²) in [6.45, 7) is 0. The van der Waals surface area contributed by atoms with Crippen LogP contribution >= 0.6 is 22.9 Å². The molecule has 1 atom stereocenters. The summed E-state index contributed by atoms with van der Waals surface area (Å²) in [5.74, 6) is 0. The predicted octanol–water partition coefficient (Wildman–Crippen LogP) is 4.79. The molecule has 0 saturated heterocycles. The van der Waals surface area contributed by atoms with Gasteiger partial charge in [-0.25, -0.2) is 0 Å². The molecule has 0 saturated carbocycles. The number of nitrogens with one attached hydrogen (secondary N) is 1. The zero-order chi connectivity index (χ0) is 15.5. The van der Waals surface area contributed by atoms with Crippen LogP contribution in [0.2, 0.25) is 4.34 Å². The molecule has 0 radical (unpaired) electrons. The second-order valence-corrected chi connectivity index (χ2v) is 6.60. The van der Waals surface area contributed by atoms with Crippen LogP contribution < -0.4 is 5.32 Å². The monoisotopic (exact) mass is 333 g/mol. The van der Waals surface area contributed by atoms with Crippen LogP contribution in [0.1, 0.15) is 16.0 Å². The minimum Gasteiger partial charge on any atom is -0.316 e. The minimum absolute atomic E-state index is 0.0724.